The van der Waals surface area contributed by atoms with Gasteiger partial charge in [-0.2, -0.15) is 0 Å². The SMILES string of the molecule is CN(CC(O)c1ccc(F)cc1)C1(C(N)=O)CCCC1. The van der Waals surface area contributed by atoms with Crippen molar-refractivity contribution in [2.45, 2.75) is 37.3 Å². The van der Waals surface area contributed by atoms with Crippen LogP contribution in [0.25, 0.3) is 0 Å². The molecule has 1 aliphatic rings. The minimum absolute atomic E-state index is 0.300. The average Bonchev–Trinajstić information content (AvgIpc) is 2.90. The second kappa shape index (κ2) is 5.89. The third kappa shape index (κ3) is 2.83. The van der Waals surface area contributed by atoms with Crippen molar-refractivity contribution in [1.29, 1.82) is 0 Å². The van der Waals surface area contributed by atoms with Crippen LogP contribution in [0.3, 0.4) is 0 Å². The number of primary amides is 1. The van der Waals surface area contributed by atoms with Crippen molar-refractivity contribution >= 4 is 5.91 Å². The Morgan fingerprint density at radius 1 is 1.40 bits per heavy atom. The van der Waals surface area contributed by atoms with Crippen LogP contribution < -0.4 is 5.73 Å². The molecule has 1 saturated carbocycles. The van der Waals surface area contributed by atoms with Crippen LogP contribution in [-0.4, -0.2) is 35.0 Å². The molecule has 0 saturated heterocycles. The van der Waals surface area contributed by atoms with Gasteiger partial charge in [0.25, 0.3) is 0 Å². The van der Waals surface area contributed by atoms with Crippen molar-refractivity contribution in [3.8, 4) is 0 Å². The van der Waals surface area contributed by atoms with E-state index >= 15 is 0 Å². The Morgan fingerprint density at radius 3 is 2.45 bits per heavy atom. The Labute approximate surface area is 118 Å². The van der Waals surface area contributed by atoms with Crippen molar-refractivity contribution in [1.82, 2.24) is 4.90 Å². The zero-order valence-electron chi connectivity index (χ0n) is 11.7. The molecule has 3 N–H and O–H groups in total. The number of carbonyl (C=O) groups is 1. The first-order valence-electron chi connectivity index (χ1n) is 6.90. The van der Waals surface area contributed by atoms with Crippen LogP contribution in [0.5, 0.6) is 0 Å². The van der Waals surface area contributed by atoms with Crippen molar-refractivity contribution in [2.75, 3.05) is 13.6 Å². The van der Waals surface area contributed by atoms with Crippen molar-refractivity contribution in [2.24, 2.45) is 5.73 Å². The van der Waals surface area contributed by atoms with Crippen LogP contribution in [0.2, 0.25) is 0 Å². The molecular weight excluding hydrogens is 259 g/mol. The lowest BCUT2D eigenvalue weighted by Crippen LogP contribution is -2.55. The molecule has 1 atom stereocenters. The number of amides is 1. The van der Waals surface area contributed by atoms with Gasteiger partial charge in [0.05, 0.1) is 11.6 Å². The standard InChI is InChI=1S/C15H21FN2O2/c1-18(15(14(17)20)8-2-3-9-15)10-13(19)11-4-6-12(16)7-5-11/h4-7,13,19H,2-3,8-10H2,1H3,(H2,17,20). The summed E-state index contributed by atoms with van der Waals surface area (Å²) < 4.78 is 12.9. The van der Waals surface area contributed by atoms with E-state index < -0.39 is 11.6 Å². The molecule has 4 nitrogen and oxygen atoms in total. The molecule has 1 aliphatic carbocycles. The normalized spacial score (nSPS) is 19.2. The van der Waals surface area contributed by atoms with Gasteiger partial charge in [0.2, 0.25) is 5.91 Å². The van der Waals surface area contributed by atoms with E-state index in [1.165, 1.54) is 12.1 Å². The summed E-state index contributed by atoms with van der Waals surface area (Å²) in [6.07, 6.45) is 2.64. The minimum Gasteiger partial charge on any atom is -0.387 e. The molecule has 0 aromatic heterocycles. The molecule has 20 heavy (non-hydrogen) atoms. The fourth-order valence-electron chi connectivity index (χ4n) is 3.00. The van der Waals surface area contributed by atoms with Crippen LogP contribution >= 0.6 is 0 Å². The zero-order chi connectivity index (χ0) is 14.8. The lowest BCUT2D eigenvalue weighted by molar-refractivity contribution is -0.130. The molecule has 1 aromatic rings. The number of hydrogen-bond donors (Lipinski definition) is 2. The van der Waals surface area contributed by atoms with Gasteiger partial charge in [0.1, 0.15) is 5.82 Å². The summed E-state index contributed by atoms with van der Waals surface area (Å²) in [6, 6.07) is 5.74. The van der Waals surface area contributed by atoms with E-state index in [1.807, 2.05) is 11.9 Å². The second-order valence-electron chi connectivity index (χ2n) is 5.55. The lowest BCUT2D eigenvalue weighted by Gasteiger charge is -2.37. The van der Waals surface area contributed by atoms with E-state index in [2.05, 4.69) is 0 Å². The maximum atomic E-state index is 12.9. The fraction of sp³-hybridized carbons (Fsp3) is 0.533. The number of β-amino-alcohol motifs (C(OH)–C–C–N with tert-alkyl or cyclic N) is 1. The van der Waals surface area contributed by atoms with Crippen LogP contribution in [0.1, 0.15) is 37.4 Å². The summed E-state index contributed by atoms with van der Waals surface area (Å²) in [5.41, 5.74) is 5.54. The zero-order valence-corrected chi connectivity index (χ0v) is 11.7. The molecule has 110 valence electrons. The highest BCUT2D eigenvalue weighted by molar-refractivity contribution is 5.85. The molecule has 2 rings (SSSR count). The van der Waals surface area contributed by atoms with E-state index in [0.717, 1.165) is 25.7 Å². The summed E-state index contributed by atoms with van der Waals surface area (Å²) in [5.74, 6) is -0.664. The van der Waals surface area contributed by atoms with E-state index in [0.29, 0.717) is 12.1 Å². The molecule has 0 aliphatic heterocycles. The Hall–Kier alpha value is -1.46. The summed E-state index contributed by atoms with van der Waals surface area (Å²) in [5, 5.41) is 10.2. The van der Waals surface area contributed by atoms with Gasteiger partial charge in [-0.1, -0.05) is 25.0 Å². The smallest absolute Gasteiger partial charge is 0.237 e. The number of aliphatic hydroxyl groups excluding tert-OH is 1. The molecule has 1 fully saturated rings. The third-order valence-electron chi connectivity index (χ3n) is 4.32. The average molecular weight is 280 g/mol. The van der Waals surface area contributed by atoms with Crippen LogP contribution in [0.15, 0.2) is 24.3 Å². The van der Waals surface area contributed by atoms with Gasteiger partial charge in [0, 0.05) is 6.54 Å². The number of carbonyl (C=O) groups excluding carboxylic acids is 1. The molecule has 1 aromatic carbocycles. The highest BCUT2D eigenvalue weighted by Gasteiger charge is 2.43. The number of likely N-dealkylation sites (N-methyl/N-ethyl adjacent to an activating group) is 1. The lowest BCUT2D eigenvalue weighted by atomic mass is 9.93. The first-order valence-corrected chi connectivity index (χ1v) is 6.90. The topological polar surface area (TPSA) is 66.6 Å². The van der Waals surface area contributed by atoms with E-state index in [4.69, 9.17) is 5.73 Å². The van der Waals surface area contributed by atoms with Gasteiger partial charge < -0.3 is 10.8 Å². The maximum Gasteiger partial charge on any atom is 0.237 e. The molecule has 1 unspecified atom stereocenters. The van der Waals surface area contributed by atoms with Crippen molar-refractivity contribution in [3.63, 3.8) is 0 Å². The van der Waals surface area contributed by atoms with E-state index in [-0.39, 0.29) is 11.7 Å². The molecule has 0 heterocycles. The van der Waals surface area contributed by atoms with Crippen molar-refractivity contribution in [3.05, 3.63) is 35.6 Å². The largest absolute Gasteiger partial charge is 0.387 e. The molecule has 1 amide bonds. The molecule has 0 radical (unpaired) electrons. The number of nitrogens with zero attached hydrogens (tertiary/aromatic N) is 1. The molecule has 0 spiro atoms. The van der Waals surface area contributed by atoms with Gasteiger partial charge in [-0.25, -0.2) is 4.39 Å². The predicted molar refractivity (Wildman–Crippen MR) is 74.4 cm³/mol. The summed E-state index contributed by atoms with van der Waals surface area (Å²) in [7, 11) is 1.81. The number of aliphatic hydroxyl groups is 1. The number of nitrogens with two attached hydrogens (primary N) is 1. The Bertz CT molecular complexity index is 469. The third-order valence-corrected chi connectivity index (χ3v) is 4.32. The predicted octanol–water partition coefficient (Wildman–Crippen LogP) is 1.59. The van der Waals surface area contributed by atoms with Gasteiger partial charge in [0.15, 0.2) is 0 Å². The highest BCUT2D eigenvalue weighted by atomic mass is 19.1. The van der Waals surface area contributed by atoms with Gasteiger partial charge in [-0.3, -0.25) is 9.69 Å². The Morgan fingerprint density at radius 2 is 1.95 bits per heavy atom. The first kappa shape index (κ1) is 14.9. The maximum absolute atomic E-state index is 12.9. The minimum atomic E-state index is -0.766. The monoisotopic (exact) mass is 280 g/mol. The van der Waals surface area contributed by atoms with Crippen molar-refractivity contribution < 1.29 is 14.3 Å². The van der Waals surface area contributed by atoms with Gasteiger partial charge in [-0.05, 0) is 37.6 Å². The van der Waals surface area contributed by atoms with Crippen LogP contribution in [-0.2, 0) is 4.79 Å². The number of benzene rings is 1. The number of hydrogen-bond acceptors (Lipinski definition) is 3. The summed E-state index contributed by atoms with van der Waals surface area (Å²) in [6.45, 7) is 0.300. The fourth-order valence-corrected chi connectivity index (χ4v) is 3.00. The Kier molecular flexibility index (Phi) is 4.40. The summed E-state index contributed by atoms with van der Waals surface area (Å²) >= 11 is 0. The molecular formula is C15H21FN2O2. The van der Waals surface area contributed by atoms with E-state index in [9.17, 15) is 14.3 Å². The van der Waals surface area contributed by atoms with Gasteiger partial charge >= 0.3 is 0 Å². The van der Waals surface area contributed by atoms with Crippen LogP contribution in [0.4, 0.5) is 4.39 Å². The second-order valence-corrected chi connectivity index (χ2v) is 5.55. The van der Waals surface area contributed by atoms with Crippen LogP contribution in [0, 0.1) is 5.82 Å². The first-order chi connectivity index (χ1) is 9.45. The Balaban J connectivity index is 2.08. The highest BCUT2D eigenvalue weighted by Crippen LogP contribution is 2.35. The number of halogens is 1. The molecule has 0 bridgehead atoms. The summed E-state index contributed by atoms with van der Waals surface area (Å²) in [4.78, 5) is 13.6. The molecule has 5 heteroatoms. The number of rotatable bonds is 5. The van der Waals surface area contributed by atoms with E-state index in [1.54, 1.807) is 12.1 Å². The van der Waals surface area contributed by atoms with Gasteiger partial charge in [-0.15, -0.1) is 0 Å². The quantitative estimate of drug-likeness (QED) is 0.860.